The molecule has 6 aromatic carbocycles. The van der Waals surface area contributed by atoms with Crippen LogP contribution in [0.5, 0.6) is 0 Å². The second kappa shape index (κ2) is 11.2. The molecule has 2 aliphatic rings. The van der Waals surface area contributed by atoms with Crippen molar-refractivity contribution in [2.45, 2.75) is 18.4 Å². The Kier molecular flexibility index (Phi) is 6.69. The molecule has 45 heavy (non-hydrogen) atoms. The SMILES string of the molecule is CC12C=CC=CC1c1ccccc1N2c1ccc(-c2ccc(N(c3ccccc3)c3ccc(-c4ccccc4)cc3)cc2)cc1. The monoisotopic (exact) mass is 578 g/mol. The first-order chi connectivity index (χ1) is 22.2. The highest BCUT2D eigenvalue weighted by atomic mass is 15.2. The van der Waals surface area contributed by atoms with Crippen LogP contribution in [0.25, 0.3) is 22.3 Å². The standard InChI is InChI=1S/C43H34N2/c1-43-31-11-10-17-41(43)40-16-8-9-18-42(40)45(43)39-29-23-35(24-30-39)34-21-27-38(28-22-34)44(36-14-6-3-7-15-36)37-25-19-33(20-26-37)32-12-4-2-5-13-32/h2-31,41H,1H3. The van der Waals surface area contributed by atoms with E-state index in [1.807, 2.05) is 0 Å². The van der Waals surface area contributed by atoms with Gasteiger partial charge in [-0.2, -0.15) is 0 Å². The molecule has 2 heteroatoms. The molecule has 2 atom stereocenters. The molecule has 0 bridgehead atoms. The maximum Gasteiger partial charge on any atom is 0.0712 e. The number of fused-ring (bicyclic) bond motifs is 3. The zero-order chi connectivity index (χ0) is 30.2. The summed E-state index contributed by atoms with van der Waals surface area (Å²) >= 11 is 0. The van der Waals surface area contributed by atoms with Crippen molar-refractivity contribution < 1.29 is 0 Å². The van der Waals surface area contributed by atoms with E-state index in [0.29, 0.717) is 5.92 Å². The third-order valence-electron chi connectivity index (χ3n) is 9.30. The fourth-order valence-corrected chi connectivity index (χ4v) is 7.05. The van der Waals surface area contributed by atoms with Crippen molar-refractivity contribution in [1.29, 1.82) is 0 Å². The molecular weight excluding hydrogens is 544 g/mol. The Morgan fingerprint density at radius 2 is 0.978 bits per heavy atom. The van der Waals surface area contributed by atoms with Gasteiger partial charge < -0.3 is 9.80 Å². The average Bonchev–Trinajstić information content (AvgIpc) is 3.38. The second-order valence-corrected chi connectivity index (χ2v) is 12.0. The van der Waals surface area contributed by atoms with Crippen LogP contribution in [0.15, 0.2) is 182 Å². The lowest BCUT2D eigenvalue weighted by Crippen LogP contribution is -2.41. The molecule has 2 nitrogen and oxygen atoms in total. The average molecular weight is 579 g/mol. The molecule has 216 valence electrons. The van der Waals surface area contributed by atoms with Crippen molar-refractivity contribution in [3.05, 3.63) is 188 Å². The highest BCUT2D eigenvalue weighted by Crippen LogP contribution is 2.53. The van der Waals surface area contributed by atoms with Crippen LogP contribution in [-0.4, -0.2) is 5.54 Å². The van der Waals surface area contributed by atoms with Crippen LogP contribution in [0.4, 0.5) is 28.4 Å². The van der Waals surface area contributed by atoms with Crippen LogP contribution in [-0.2, 0) is 0 Å². The van der Waals surface area contributed by atoms with Crippen LogP contribution in [0, 0.1) is 0 Å². The molecule has 0 radical (unpaired) electrons. The van der Waals surface area contributed by atoms with Gasteiger partial charge >= 0.3 is 0 Å². The summed E-state index contributed by atoms with van der Waals surface area (Å²) in [5.74, 6) is 0.341. The van der Waals surface area contributed by atoms with Crippen molar-refractivity contribution in [3.63, 3.8) is 0 Å². The predicted molar refractivity (Wildman–Crippen MR) is 190 cm³/mol. The number of rotatable bonds is 6. The normalized spacial score (nSPS) is 18.0. The molecule has 2 unspecified atom stereocenters. The van der Waals surface area contributed by atoms with E-state index >= 15 is 0 Å². The Hall–Kier alpha value is -5.60. The number of anilines is 5. The maximum atomic E-state index is 2.50. The molecule has 1 aliphatic carbocycles. The molecule has 8 rings (SSSR count). The topological polar surface area (TPSA) is 6.48 Å². The number of hydrogen-bond donors (Lipinski definition) is 0. The zero-order valence-electron chi connectivity index (χ0n) is 25.3. The van der Waals surface area contributed by atoms with E-state index in [-0.39, 0.29) is 5.54 Å². The first-order valence-corrected chi connectivity index (χ1v) is 15.7. The van der Waals surface area contributed by atoms with Gasteiger partial charge in [-0.1, -0.05) is 127 Å². The molecule has 0 N–H and O–H groups in total. The van der Waals surface area contributed by atoms with Crippen LogP contribution < -0.4 is 9.80 Å². The van der Waals surface area contributed by atoms with Gasteiger partial charge in [0.15, 0.2) is 0 Å². The van der Waals surface area contributed by atoms with E-state index in [0.717, 1.165) is 17.1 Å². The molecule has 1 heterocycles. The number of para-hydroxylation sites is 2. The van der Waals surface area contributed by atoms with Gasteiger partial charge in [-0.3, -0.25) is 0 Å². The molecular formula is C43H34N2. The minimum Gasteiger partial charge on any atom is -0.331 e. The fraction of sp³-hybridized carbons (Fsp3) is 0.0698. The molecule has 1 aliphatic heterocycles. The van der Waals surface area contributed by atoms with E-state index in [4.69, 9.17) is 0 Å². The van der Waals surface area contributed by atoms with Crippen LogP contribution in [0.3, 0.4) is 0 Å². The minimum atomic E-state index is -0.123. The summed E-state index contributed by atoms with van der Waals surface area (Å²) in [6.07, 6.45) is 9.04. The summed E-state index contributed by atoms with van der Waals surface area (Å²) < 4.78 is 0. The van der Waals surface area contributed by atoms with Gasteiger partial charge in [0.25, 0.3) is 0 Å². The number of nitrogens with zero attached hydrogens (tertiary/aromatic N) is 2. The number of hydrogen-bond acceptors (Lipinski definition) is 2. The second-order valence-electron chi connectivity index (χ2n) is 12.0. The van der Waals surface area contributed by atoms with Crippen molar-refractivity contribution in [2.75, 3.05) is 9.80 Å². The lowest BCUT2D eigenvalue weighted by molar-refractivity contribution is 0.542. The largest absolute Gasteiger partial charge is 0.331 e. The minimum absolute atomic E-state index is 0.123. The highest BCUT2D eigenvalue weighted by molar-refractivity contribution is 5.81. The van der Waals surface area contributed by atoms with Gasteiger partial charge in [0.2, 0.25) is 0 Å². The van der Waals surface area contributed by atoms with Gasteiger partial charge in [-0.05, 0) is 89.3 Å². The van der Waals surface area contributed by atoms with Crippen molar-refractivity contribution in [2.24, 2.45) is 0 Å². The van der Waals surface area contributed by atoms with E-state index in [1.54, 1.807) is 0 Å². The third-order valence-corrected chi connectivity index (χ3v) is 9.30. The molecule has 0 spiro atoms. The summed E-state index contributed by atoms with van der Waals surface area (Å²) in [4.78, 5) is 4.82. The number of benzene rings is 6. The van der Waals surface area contributed by atoms with Crippen LogP contribution in [0.2, 0.25) is 0 Å². The Balaban J connectivity index is 1.09. The van der Waals surface area contributed by atoms with Gasteiger partial charge in [0.1, 0.15) is 0 Å². The first kappa shape index (κ1) is 27.0. The number of allylic oxidation sites excluding steroid dienone is 2. The Labute approximate surface area is 265 Å². The predicted octanol–water partition coefficient (Wildman–Crippen LogP) is 11.6. The third kappa shape index (κ3) is 4.76. The Morgan fingerprint density at radius 1 is 0.489 bits per heavy atom. The van der Waals surface area contributed by atoms with Gasteiger partial charge in [0, 0.05) is 34.4 Å². The van der Waals surface area contributed by atoms with E-state index in [2.05, 4.69) is 199 Å². The quantitative estimate of drug-likeness (QED) is 0.194. The van der Waals surface area contributed by atoms with Crippen molar-refractivity contribution in [3.8, 4) is 22.3 Å². The van der Waals surface area contributed by atoms with Crippen molar-refractivity contribution >= 4 is 28.4 Å². The lowest BCUT2D eigenvalue weighted by atomic mass is 9.80. The summed E-state index contributed by atoms with van der Waals surface area (Å²) in [6, 6.07) is 56.7. The van der Waals surface area contributed by atoms with E-state index < -0.39 is 0 Å². The molecule has 6 aromatic rings. The molecule has 0 amide bonds. The summed E-state index contributed by atoms with van der Waals surface area (Å²) in [7, 11) is 0. The fourth-order valence-electron chi connectivity index (χ4n) is 7.05. The molecule has 0 fully saturated rings. The van der Waals surface area contributed by atoms with Crippen molar-refractivity contribution in [1.82, 2.24) is 0 Å². The summed E-state index contributed by atoms with van der Waals surface area (Å²) in [5.41, 5.74) is 12.0. The Morgan fingerprint density at radius 3 is 1.60 bits per heavy atom. The van der Waals surface area contributed by atoms with Crippen LogP contribution >= 0.6 is 0 Å². The smallest absolute Gasteiger partial charge is 0.0712 e. The van der Waals surface area contributed by atoms with Gasteiger partial charge in [-0.25, -0.2) is 0 Å². The first-order valence-electron chi connectivity index (χ1n) is 15.7. The van der Waals surface area contributed by atoms with Crippen LogP contribution in [0.1, 0.15) is 18.4 Å². The lowest BCUT2D eigenvalue weighted by Gasteiger charge is -2.39. The van der Waals surface area contributed by atoms with Gasteiger partial charge in [-0.15, -0.1) is 0 Å². The summed E-state index contributed by atoms with van der Waals surface area (Å²) in [5, 5.41) is 0. The Bertz CT molecular complexity index is 1990. The van der Waals surface area contributed by atoms with Gasteiger partial charge in [0.05, 0.1) is 5.54 Å². The molecule has 0 saturated heterocycles. The molecule has 0 saturated carbocycles. The van der Waals surface area contributed by atoms with E-state index in [9.17, 15) is 0 Å². The van der Waals surface area contributed by atoms with E-state index in [1.165, 1.54) is 39.2 Å². The maximum absolute atomic E-state index is 2.50. The zero-order valence-corrected chi connectivity index (χ0v) is 25.3. The summed E-state index contributed by atoms with van der Waals surface area (Å²) in [6.45, 7) is 2.35. The molecule has 0 aromatic heterocycles. The highest BCUT2D eigenvalue weighted by Gasteiger charge is 2.46.